The number of Topliss-reactive ketones (excluding diaryl/α,β-unsaturated/α-hetero) is 1. The molecule has 0 saturated carbocycles. The molecular weight excluding hydrogens is 288 g/mol. The van der Waals surface area contributed by atoms with Crippen LogP contribution in [0.2, 0.25) is 0 Å². The first-order valence-corrected chi connectivity index (χ1v) is 8.19. The maximum atomic E-state index is 12.1. The molecule has 0 atom stereocenters. The number of furan rings is 1. The van der Waals surface area contributed by atoms with Crippen LogP contribution in [0.25, 0.3) is 0 Å². The topological polar surface area (TPSA) is 36.7 Å². The van der Waals surface area contributed by atoms with Crippen LogP contribution in [0.1, 0.15) is 27.2 Å². The number of carbonyl (C=O) groups is 1. The molecule has 0 spiro atoms. The Morgan fingerprint density at radius 3 is 2.52 bits per heavy atom. The van der Waals surface area contributed by atoms with Crippen LogP contribution >= 0.6 is 0 Å². The number of rotatable bonds is 5. The van der Waals surface area contributed by atoms with Crippen LogP contribution < -0.4 is 0 Å². The van der Waals surface area contributed by atoms with Crippen LogP contribution in [0.5, 0.6) is 0 Å². The molecule has 0 bridgehead atoms. The molecule has 1 aromatic carbocycles. The van der Waals surface area contributed by atoms with Crippen LogP contribution in [0.3, 0.4) is 0 Å². The van der Waals surface area contributed by atoms with Gasteiger partial charge in [0.1, 0.15) is 0 Å². The second-order valence-corrected chi connectivity index (χ2v) is 6.38. The molecule has 122 valence electrons. The number of hydrogen-bond donors (Lipinski definition) is 0. The fourth-order valence-corrected chi connectivity index (χ4v) is 3.04. The summed E-state index contributed by atoms with van der Waals surface area (Å²) < 4.78 is 5.17. The molecule has 4 heteroatoms. The average Bonchev–Trinajstić information content (AvgIpc) is 3.07. The predicted molar refractivity (Wildman–Crippen MR) is 90.7 cm³/mol. The lowest BCUT2D eigenvalue weighted by Crippen LogP contribution is -2.47. The lowest BCUT2D eigenvalue weighted by Gasteiger charge is -2.34. The number of piperazine rings is 1. The SMILES string of the molecule is Cc1ccc(C)c(CN2CCN(CC(=O)c3ccco3)CC2)c1. The van der Waals surface area contributed by atoms with Crippen molar-refractivity contribution in [3.63, 3.8) is 0 Å². The molecule has 23 heavy (non-hydrogen) atoms. The summed E-state index contributed by atoms with van der Waals surface area (Å²) in [7, 11) is 0. The molecule has 1 aliphatic rings. The standard InChI is InChI=1S/C19H24N2O2/c1-15-5-6-16(2)17(12-15)13-20-7-9-21(10-8-20)14-18(22)19-4-3-11-23-19/h3-6,11-12H,7-10,13-14H2,1-2H3. The molecule has 0 aliphatic carbocycles. The molecule has 0 radical (unpaired) electrons. The molecule has 3 rings (SSSR count). The van der Waals surface area contributed by atoms with Crippen molar-refractivity contribution < 1.29 is 9.21 Å². The molecule has 1 fully saturated rings. The Morgan fingerprint density at radius 1 is 1.09 bits per heavy atom. The highest BCUT2D eigenvalue weighted by Crippen LogP contribution is 2.15. The van der Waals surface area contributed by atoms with Gasteiger partial charge in [-0.15, -0.1) is 0 Å². The van der Waals surface area contributed by atoms with Crippen molar-refractivity contribution in [1.82, 2.24) is 9.80 Å². The zero-order valence-corrected chi connectivity index (χ0v) is 13.9. The number of benzene rings is 1. The number of hydrogen-bond acceptors (Lipinski definition) is 4. The zero-order valence-electron chi connectivity index (χ0n) is 13.9. The minimum atomic E-state index is 0.0676. The van der Waals surface area contributed by atoms with Crippen molar-refractivity contribution in [3.8, 4) is 0 Å². The average molecular weight is 312 g/mol. The third-order valence-electron chi connectivity index (χ3n) is 4.53. The molecular formula is C19H24N2O2. The van der Waals surface area contributed by atoms with Crippen molar-refractivity contribution in [2.24, 2.45) is 0 Å². The van der Waals surface area contributed by atoms with Crippen molar-refractivity contribution in [1.29, 1.82) is 0 Å². The van der Waals surface area contributed by atoms with Gasteiger partial charge in [-0.1, -0.05) is 23.8 Å². The highest BCUT2D eigenvalue weighted by molar-refractivity contribution is 5.94. The van der Waals surface area contributed by atoms with E-state index in [1.165, 1.54) is 16.7 Å². The van der Waals surface area contributed by atoms with Crippen LogP contribution in [-0.4, -0.2) is 48.3 Å². The van der Waals surface area contributed by atoms with Gasteiger partial charge < -0.3 is 4.42 Å². The fourth-order valence-electron chi connectivity index (χ4n) is 3.04. The summed E-state index contributed by atoms with van der Waals surface area (Å²) in [5.41, 5.74) is 4.07. The summed E-state index contributed by atoms with van der Waals surface area (Å²) in [4.78, 5) is 16.8. The van der Waals surface area contributed by atoms with Crippen LogP contribution in [-0.2, 0) is 6.54 Å². The Hall–Kier alpha value is -1.91. The van der Waals surface area contributed by atoms with Gasteiger partial charge in [0.05, 0.1) is 12.8 Å². The monoisotopic (exact) mass is 312 g/mol. The molecule has 4 nitrogen and oxygen atoms in total. The summed E-state index contributed by atoms with van der Waals surface area (Å²) in [6.07, 6.45) is 1.55. The predicted octanol–water partition coefficient (Wildman–Crippen LogP) is 2.90. The maximum absolute atomic E-state index is 12.1. The number of nitrogens with zero attached hydrogens (tertiary/aromatic N) is 2. The van der Waals surface area contributed by atoms with E-state index in [-0.39, 0.29) is 5.78 Å². The molecule has 2 heterocycles. The van der Waals surface area contributed by atoms with Crippen molar-refractivity contribution in [2.45, 2.75) is 20.4 Å². The van der Waals surface area contributed by atoms with E-state index >= 15 is 0 Å². The van der Waals surface area contributed by atoms with E-state index in [4.69, 9.17) is 4.42 Å². The van der Waals surface area contributed by atoms with Gasteiger partial charge in [-0.2, -0.15) is 0 Å². The Morgan fingerprint density at radius 2 is 1.83 bits per heavy atom. The van der Waals surface area contributed by atoms with Gasteiger partial charge in [0, 0.05) is 32.7 Å². The van der Waals surface area contributed by atoms with Gasteiger partial charge in [0.25, 0.3) is 0 Å². The largest absolute Gasteiger partial charge is 0.461 e. The molecule has 0 N–H and O–H groups in total. The number of aryl methyl sites for hydroxylation is 2. The quantitative estimate of drug-likeness (QED) is 0.796. The summed E-state index contributed by atoms with van der Waals surface area (Å²) in [6.45, 7) is 9.61. The first kappa shape index (κ1) is 16.0. The lowest BCUT2D eigenvalue weighted by molar-refractivity contribution is 0.0819. The van der Waals surface area contributed by atoms with E-state index in [0.29, 0.717) is 12.3 Å². The van der Waals surface area contributed by atoms with E-state index in [1.54, 1.807) is 18.4 Å². The molecule has 2 aromatic rings. The third kappa shape index (κ3) is 4.09. The summed E-state index contributed by atoms with van der Waals surface area (Å²) in [5.74, 6) is 0.529. The molecule has 1 aromatic heterocycles. The van der Waals surface area contributed by atoms with Crippen molar-refractivity contribution in [2.75, 3.05) is 32.7 Å². The molecule has 0 unspecified atom stereocenters. The van der Waals surface area contributed by atoms with Gasteiger partial charge in [-0.3, -0.25) is 14.6 Å². The van der Waals surface area contributed by atoms with E-state index in [0.717, 1.165) is 32.7 Å². The normalized spacial score (nSPS) is 16.6. The zero-order chi connectivity index (χ0) is 16.2. The summed E-state index contributed by atoms with van der Waals surface area (Å²) in [5, 5.41) is 0. The highest BCUT2D eigenvalue weighted by atomic mass is 16.3. The van der Waals surface area contributed by atoms with E-state index in [9.17, 15) is 4.79 Å². The van der Waals surface area contributed by atoms with Crippen LogP contribution in [0.4, 0.5) is 0 Å². The van der Waals surface area contributed by atoms with Gasteiger partial charge in [0.2, 0.25) is 5.78 Å². The lowest BCUT2D eigenvalue weighted by atomic mass is 10.0. The van der Waals surface area contributed by atoms with E-state index < -0.39 is 0 Å². The third-order valence-corrected chi connectivity index (χ3v) is 4.53. The van der Waals surface area contributed by atoms with Gasteiger partial charge >= 0.3 is 0 Å². The molecule has 1 aliphatic heterocycles. The van der Waals surface area contributed by atoms with E-state index in [2.05, 4.69) is 41.8 Å². The summed E-state index contributed by atoms with van der Waals surface area (Å²) in [6, 6.07) is 10.1. The Kier molecular flexibility index (Phi) is 4.94. The summed E-state index contributed by atoms with van der Waals surface area (Å²) >= 11 is 0. The molecule has 0 amide bonds. The number of carbonyl (C=O) groups excluding carboxylic acids is 1. The van der Waals surface area contributed by atoms with E-state index in [1.807, 2.05) is 0 Å². The fraction of sp³-hybridized carbons (Fsp3) is 0.421. The van der Waals surface area contributed by atoms with Gasteiger partial charge in [-0.05, 0) is 37.1 Å². The smallest absolute Gasteiger partial charge is 0.211 e. The maximum Gasteiger partial charge on any atom is 0.211 e. The van der Waals surface area contributed by atoms with Crippen molar-refractivity contribution in [3.05, 3.63) is 59.0 Å². The Bertz CT molecular complexity index is 656. The minimum absolute atomic E-state index is 0.0676. The van der Waals surface area contributed by atoms with Crippen molar-refractivity contribution >= 4 is 5.78 Å². The first-order chi connectivity index (χ1) is 11.1. The minimum Gasteiger partial charge on any atom is -0.461 e. The number of ketones is 1. The van der Waals surface area contributed by atoms with Crippen LogP contribution in [0.15, 0.2) is 41.0 Å². The second-order valence-electron chi connectivity index (χ2n) is 6.38. The highest BCUT2D eigenvalue weighted by Gasteiger charge is 2.20. The van der Waals surface area contributed by atoms with Gasteiger partial charge in [0.15, 0.2) is 5.76 Å². The second kappa shape index (κ2) is 7.11. The first-order valence-electron chi connectivity index (χ1n) is 8.19. The van der Waals surface area contributed by atoms with Crippen LogP contribution in [0, 0.1) is 13.8 Å². The molecule has 1 saturated heterocycles. The Labute approximate surface area is 137 Å². The van der Waals surface area contributed by atoms with Gasteiger partial charge in [-0.25, -0.2) is 0 Å². The Balaban J connectivity index is 1.50.